The highest BCUT2D eigenvalue weighted by Crippen LogP contribution is 2.27. The first-order valence-corrected chi connectivity index (χ1v) is 9.00. The quantitative estimate of drug-likeness (QED) is 0.650. The minimum atomic E-state index is -0.651. The molecule has 1 aliphatic rings. The largest absolute Gasteiger partial charge is 0.332 e. The summed E-state index contributed by atoms with van der Waals surface area (Å²) in [6, 6.07) is 5.16. The Morgan fingerprint density at radius 2 is 1.79 bits per heavy atom. The van der Waals surface area contributed by atoms with Crippen molar-refractivity contribution < 1.29 is 9.18 Å². The second-order valence-electron chi connectivity index (χ2n) is 7.06. The molecule has 3 heterocycles. The van der Waals surface area contributed by atoms with E-state index in [2.05, 4.69) is 10.1 Å². The van der Waals surface area contributed by atoms with Gasteiger partial charge in [-0.25, -0.2) is 14.2 Å². The van der Waals surface area contributed by atoms with Crippen LogP contribution in [0.1, 0.15) is 19.4 Å². The van der Waals surface area contributed by atoms with Gasteiger partial charge >= 0.3 is 5.69 Å². The third-order valence-electron chi connectivity index (χ3n) is 5.20. The molecule has 10 heteroatoms. The van der Waals surface area contributed by atoms with Crippen molar-refractivity contribution in [3.05, 3.63) is 56.5 Å². The van der Waals surface area contributed by atoms with E-state index in [-0.39, 0.29) is 29.3 Å². The van der Waals surface area contributed by atoms with Gasteiger partial charge in [0.1, 0.15) is 11.9 Å². The number of anilines is 1. The van der Waals surface area contributed by atoms with Crippen LogP contribution in [0.15, 0.2) is 39.0 Å². The van der Waals surface area contributed by atoms with Crippen molar-refractivity contribution in [2.45, 2.75) is 26.4 Å². The number of nitrogens with zero attached hydrogens (tertiary/aromatic N) is 6. The summed E-state index contributed by atoms with van der Waals surface area (Å²) >= 11 is 0. The summed E-state index contributed by atoms with van der Waals surface area (Å²) in [7, 11) is 2.93. The maximum Gasteiger partial charge on any atom is 0.332 e. The van der Waals surface area contributed by atoms with Gasteiger partial charge in [-0.05, 0) is 31.5 Å². The van der Waals surface area contributed by atoms with E-state index in [1.165, 1.54) is 42.7 Å². The van der Waals surface area contributed by atoms with Crippen molar-refractivity contribution in [1.82, 2.24) is 18.7 Å². The number of hydrogen-bond acceptors (Lipinski definition) is 6. The number of carbonyl (C=O) groups excluding carboxylic acids is 1. The Balaban J connectivity index is 2.01. The lowest BCUT2D eigenvalue weighted by Crippen LogP contribution is -2.41. The number of halogens is 1. The molecule has 0 bridgehead atoms. The minimum absolute atomic E-state index is 0.144. The molecule has 2 aromatic heterocycles. The monoisotopic (exact) mass is 398 g/mol. The summed E-state index contributed by atoms with van der Waals surface area (Å²) < 4.78 is 17.3. The standard InChI is InChI=1S/C19H19FN6O3/c1-10(11(2)27)26-18-21-16-15(17(28)24(4)19(29)23(16)3)25(18)9-14(22-26)12-5-7-13(20)8-6-12/h5-8,10H,9H2,1-4H3/t10-/m0/s1. The van der Waals surface area contributed by atoms with Gasteiger partial charge in [-0.1, -0.05) is 12.1 Å². The number of fused-ring (bicyclic) bond motifs is 3. The van der Waals surface area contributed by atoms with Crippen LogP contribution in [-0.2, 0) is 25.4 Å². The average molecular weight is 398 g/mol. The third-order valence-corrected chi connectivity index (χ3v) is 5.20. The van der Waals surface area contributed by atoms with E-state index in [0.717, 1.165) is 4.57 Å². The fourth-order valence-electron chi connectivity index (χ4n) is 3.34. The molecule has 9 nitrogen and oxygen atoms in total. The zero-order valence-corrected chi connectivity index (χ0v) is 16.4. The summed E-state index contributed by atoms with van der Waals surface area (Å²) in [5, 5.41) is 6.01. The van der Waals surface area contributed by atoms with Gasteiger partial charge in [-0.2, -0.15) is 10.1 Å². The molecule has 0 spiro atoms. The predicted molar refractivity (Wildman–Crippen MR) is 106 cm³/mol. The Labute approximate surface area is 164 Å². The second-order valence-corrected chi connectivity index (χ2v) is 7.06. The number of aromatic nitrogens is 4. The highest BCUT2D eigenvalue weighted by molar-refractivity contribution is 6.03. The van der Waals surface area contributed by atoms with Crippen molar-refractivity contribution in [1.29, 1.82) is 0 Å². The molecule has 0 radical (unpaired) electrons. The molecule has 29 heavy (non-hydrogen) atoms. The molecule has 0 unspecified atom stereocenters. The van der Waals surface area contributed by atoms with E-state index in [1.54, 1.807) is 23.6 Å². The number of aryl methyl sites for hydroxylation is 1. The van der Waals surface area contributed by atoms with E-state index in [0.29, 0.717) is 17.2 Å². The lowest BCUT2D eigenvalue weighted by Gasteiger charge is -2.29. The van der Waals surface area contributed by atoms with E-state index in [4.69, 9.17) is 0 Å². The van der Waals surface area contributed by atoms with E-state index in [9.17, 15) is 18.8 Å². The third kappa shape index (κ3) is 2.79. The molecule has 3 aromatic rings. The van der Waals surface area contributed by atoms with Crippen LogP contribution in [0.5, 0.6) is 0 Å². The molecular weight excluding hydrogens is 379 g/mol. The minimum Gasteiger partial charge on any atom is -0.298 e. The summed E-state index contributed by atoms with van der Waals surface area (Å²) in [5.41, 5.74) is 0.660. The fraction of sp³-hybridized carbons (Fsp3) is 0.316. The summed E-state index contributed by atoms with van der Waals surface area (Å²) in [4.78, 5) is 41.7. The highest BCUT2D eigenvalue weighted by atomic mass is 19.1. The van der Waals surface area contributed by atoms with Crippen LogP contribution in [0.2, 0.25) is 0 Å². The number of rotatable bonds is 3. The van der Waals surface area contributed by atoms with Crippen molar-refractivity contribution >= 4 is 28.6 Å². The van der Waals surface area contributed by atoms with Gasteiger partial charge in [0.2, 0.25) is 5.95 Å². The Morgan fingerprint density at radius 1 is 1.14 bits per heavy atom. The molecule has 1 aliphatic heterocycles. The van der Waals surface area contributed by atoms with Crippen molar-refractivity contribution in [2.75, 3.05) is 5.01 Å². The lowest BCUT2D eigenvalue weighted by molar-refractivity contribution is -0.118. The summed E-state index contributed by atoms with van der Waals surface area (Å²) in [6.45, 7) is 3.31. The molecule has 0 fully saturated rings. The number of Topliss-reactive ketones (excluding diaryl/α,β-unsaturated/α-hetero) is 1. The van der Waals surface area contributed by atoms with Crippen LogP contribution in [0.3, 0.4) is 0 Å². The van der Waals surface area contributed by atoms with E-state index in [1.807, 2.05) is 0 Å². The van der Waals surface area contributed by atoms with Crippen LogP contribution in [0.25, 0.3) is 11.2 Å². The molecule has 1 atom stereocenters. The number of benzene rings is 1. The predicted octanol–water partition coefficient (Wildman–Crippen LogP) is 0.775. The molecular formula is C19H19FN6O3. The fourth-order valence-corrected chi connectivity index (χ4v) is 3.34. The van der Waals surface area contributed by atoms with Crippen LogP contribution in [0, 0.1) is 5.82 Å². The number of carbonyl (C=O) groups is 1. The Hall–Kier alpha value is -3.56. The molecule has 4 rings (SSSR count). The van der Waals surface area contributed by atoms with Crippen molar-refractivity contribution in [2.24, 2.45) is 19.2 Å². The molecule has 0 N–H and O–H groups in total. The van der Waals surface area contributed by atoms with Crippen LogP contribution in [-0.4, -0.2) is 36.2 Å². The van der Waals surface area contributed by atoms with Crippen molar-refractivity contribution in [3.63, 3.8) is 0 Å². The number of hydrazone groups is 1. The first kappa shape index (κ1) is 18.8. The highest BCUT2D eigenvalue weighted by Gasteiger charge is 2.31. The van der Waals surface area contributed by atoms with Gasteiger partial charge in [0.25, 0.3) is 5.56 Å². The second kappa shape index (κ2) is 6.50. The number of hydrogen-bond donors (Lipinski definition) is 0. The smallest absolute Gasteiger partial charge is 0.298 e. The van der Waals surface area contributed by atoms with Crippen LogP contribution >= 0.6 is 0 Å². The zero-order valence-electron chi connectivity index (χ0n) is 16.4. The van der Waals surface area contributed by atoms with Crippen molar-refractivity contribution in [3.8, 4) is 0 Å². The molecule has 150 valence electrons. The van der Waals surface area contributed by atoms with Gasteiger partial charge in [-0.15, -0.1) is 0 Å². The number of imidazole rings is 1. The van der Waals surface area contributed by atoms with Gasteiger partial charge in [0, 0.05) is 14.1 Å². The molecule has 1 aromatic carbocycles. The Bertz CT molecular complexity index is 1300. The Kier molecular flexibility index (Phi) is 4.21. The van der Waals surface area contributed by atoms with Gasteiger partial charge in [-0.3, -0.25) is 23.3 Å². The van der Waals surface area contributed by atoms with Gasteiger partial charge < -0.3 is 0 Å². The molecule has 0 saturated carbocycles. The van der Waals surface area contributed by atoms with E-state index < -0.39 is 17.3 Å². The maximum atomic E-state index is 13.4. The molecule has 0 saturated heterocycles. The Morgan fingerprint density at radius 3 is 2.41 bits per heavy atom. The lowest BCUT2D eigenvalue weighted by atomic mass is 10.1. The van der Waals surface area contributed by atoms with Crippen LogP contribution < -0.4 is 16.3 Å². The summed E-state index contributed by atoms with van der Waals surface area (Å²) in [5.74, 6) is -0.224. The van der Waals surface area contributed by atoms with Gasteiger partial charge in [0.15, 0.2) is 16.9 Å². The van der Waals surface area contributed by atoms with Gasteiger partial charge in [0.05, 0.1) is 12.3 Å². The maximum absolute atomic E-state index is 13.4. The zero-order chi connectivity index (χ0) is 21.0. The first-order valence-electron chi connectivity index (χ1n) is 9.00. The molecule has 0 amide bonds. The normalized spacial score (nSPS) is 14.7. The topological polar surface area (TPSA) is 94.5 Å². The first-order chi connectivity index (χ1) is 13.7. The number of ketones is 1. The average Bonchev–Trinajstić information content (AvgIpc) is 3.09. The molecule has 0 aliphatic carbocycles. The van der Waals surface area contributed by atoms with Crippen LogP contribution in [0.4, 0.5) is 10.3 Å². The van der Waals surface area contributed by atoms with E-state index >= 15 is 0 Å². The SMILES string of the molecule is CC(=O)[C@H](C)N1N=C(c2ccc(F)cc2)Cn2c1nc1c2c(=O)n(C)c(=O)n1C. The summed E-state index contributed by atoms with van der Waals surface area (Å²) in [6.07, 6.45) is 0.